The number of carbonyl (C=O) groups is 1. The maximum absolute atomic E-state index is 12.8. The van der Waals surface area contributed by atoms with E-state index >= 15 is 0 Å². The van der Waals surface area contributed by atoms with Gasteiger partial charge >= 0.3 is 0 Å². The summed E-state index contributed by atoms with van der Waals surface area (Å²) in [6, 6.07) is 8.66. The molecule has 2 aromatic rings. The van der Waals surface area contributed by atoms with Crippen molar-refractivity contribution in [2.75, 3.05) is 13.1 Å². The first-order chi connectivity index (χ1) is 11.6. The normalized spacial score (nSPS) is 14.6. The summed E-state index contributed by atoms with van der Waals surface area (Å²) in [5, 5.41) is 0. The highest BCUT2D eigenvalue weighted by molar-refractivity contribution is 5.99. The average Bonchev–Trinajstić information content (AvgIpc) is 2.86. The van der Waals surface area contributed by atoms with Crippen molar-refractivity contribution in [2.45, 2.75) is 53.0 Å². The molecule has 1 aromatic carbocycles. The molecule has 0 radical (unpaired) electrons. The van der Waals surface area contributed by atoms with Gasteiger partial charge in [-0.05, 0) is 43.4 Å². The molecule has 1 N–H and O–H groups in total. The number of aromatic amines is 1. The lowest BCUT2D eigenvalue weighted by atomic mass is 9.97. The van der Waals surface area contributed by atoms with E-state index in [4.69, 9.17) is 0 Å². The van der Waals surface area contributed by atoms with Crippen LogP contribution >= 0.6 is 0 Å². The van der Waals surface area contributed by atoms with Crippen molar-refractivity contribution in [1.82, 2.24) is 9.88 Å². The number of rotatable bonds is 6. The number of benzene rings is 1. The summed E-state index contributed by atoms with van der Waals surface area (Å²) in [7, 11) is 0. The number of carbonyl (C=O) groups excluding carboxylic acids is 1. The predicted molar refractivity (Wildman–Crippen MR) is 98.6 cm³/mol. The predicted octanol–water partition coefficient (Wildman–Crippen LogP) is 4.22. The molecular formula is C21H28N2O. The molecule has 1 aliphatic rings. The number of aromatic nitrogens is 1. The Morgan fingerprint density at radius 2 is 1.92 bits per heavy atom. The lowest BCUT2D eigenvalue weighted by molar-refractivity contribution is 0.0959. The highest BCUT2D eigenvalue weighted by Gasteiger charge is 2.21. The minimum atomic E-state index is 0.291. The molecule has 3 heteroatoms. The SMILES string of the molecule is CCCc1c(C)[nH]c(C)c1C(=O)CCN1CCc2ccccc2C1. The lowest BCUT2D eigenvalue weighted by Crippen LogP contribution is -2.32. The van der Waals surface area contributed by atoms with Crippen molar-refractivity contribution in [3.05, 3.63) is 57.9 Å². The van der Waals surface area contributed by atoms with Gasteiger partial charge in [0.2, 0.25) is 0 Å². The molecule has 3 nitrogen and oxygen atoms in total. The molecule has 128 valence electrons. The second kappa shape index (κ2) is 7.35. The van der Waals surface area contributed by atoms with Crippen LogP contribution < -0.4 is 0 Å². The molecule has 2 heterocycles. The van der Waals surface area contributed by atoms with E-state index in [0.717, 1.165) is 55.8 Å². The zero-order valence-corrected chi connectivity index (χ0v) is 15.1. The van der Waals surface area contributed by atoms with Crippen LogP contribution in [0.1, 0.15) is 58.2 Å². The van der Waals surface area contributed by atoms with Gasteiger partial charge in [-0.3, -0.25) is 9.69 Å². The fourth-order valence-electron chi connectivity index (χ4n) is 3.90. The van der Waals surface area contributed by atoms with Crippen molar-refractivity contribution >= 4 is 5.78 Å². The minimum absolute atomic E-state index is 0.291. The highest BCUT2D eigenvalue weighted by Crippen LogP contribution is 2.23. The van der Waals surface area contributed by atoms with E-state index in [-0.39, 0.29) is 0 Å². The molecule has 0 spiro atoms. The van der Waals surface area contributed by atoms with Gasteiger partial charge in [0.15, 0.2) is 5.78 Å². The molecule has 0 saturated carbocycles. The van der Waals surface area contributed by atoms with Crippen LogP contribution in [0.3, 0.4) is 0 Å². The quantitative estimate of drug-likeness (QED) is 0.808. The maximum Gasteiger partial charge on any atom is 0.166 e. The number of H-pyrrole nitrogens is 1. The number of nitrogens with zero attached hydrogens (tertiary/aromatic N) is 1. The zero-order valence-electron chi connectivity index (χ0n) is 15.1. The molecule has 1 aromatic heterocycles. The Balaban J connectivity index is 1.65. The lowest BCUT2D eigenvalue weighted by Gasteiger charge is -2.28. The van der Waals surface area contributed by atoms with E-state index in [1.165, 1.54) is 16.7 Å². The standard InChI is InChI=1S/C21H28N2O/c1-4-7-19-15(2)22-16(3)21(19)20(24)11-13-23-12-10-17-8-5-6-9-18(17)14-23/h5-6,8-9,22H,4,7,10-14H2,1-3H3. The first kappa shape index (κ1) is 17.0. The van der Waals surface area contributed by atoms with Crippen LogP contribution in [0, 0.1) is 13.8 Å². The number of nitrogens with one attached hydrogen (secondary N) is 1. The number of hydrogen-bond donors (Lipinski definition) is 1. The Morgan fingerprint density at radius 1 is 1.17 bits per heavy atom. The van der Waals surface area contributed by atoms with E-state index in [1.54, 1.807) is 0 Å². The number of hydrogen-bond acceptors (Lipinski definition) is 2. The summed E-state index contributed by atoms with van der Waals surface area (Å²) in [4.78, 5) is 18.6. The van der Waals surface area contributed by atoms with Crippen LogP contribution in [0.2, 0.25) is 0 Å². The van der Waals surface area contributed by atoms with Gasteiger partial charge in [-0.25, -0.2) is 0 Å². The molecule has 0 fully saturated rings. The number of fused-ring (bicyclic) bond motifs is 1. The van der Waals surface area contributed by atoms with Gasteiger partial charge in [0, 0.05) is 43.0 Å². The van der Waals surface area contributed by atoms with Crippen molar-refractivity contribution in [3.63, 3.8) is 0 Å². The van der Waals surface area contributed by atoms with Crippen LogP contribution in [0.25, 0.3) is 0 Å². The summed E-state index contributed by atoms with van der Waals surface area (Å²) in [6.45, 7) is 9.14. The average molecular weight is 324 g/mol. The summed E-state index contributed by atoms with van der Waals surface area (Å²) in [5.41, 5.74) is 7.24. The van der Waals surface area contributed by atoms with E-state index < -0.39 is 0 Å². The third kappa shape index (κ3) is 3.46. The third-order valence-electron chi connectivity index (χ3n) is 5.15. The molecule has 0 amide bonds. The second-order valence-corrected chi connectivity index (χ2v) is 6.95. The van der Waals surface area contributed by atoms with E-state index in [0.29, 0.717) is 12.2 Å². The van der Waals surface area contributed by atoms with Crippen LogP contribution in [-0.2, 0) is 19.4 Å². The largest absolute Gasteiger partial charge is 0.362 e. The molecule has 1 aliphatic heterocycles. The van der Waals surface area contributed by atoms with Crippen LogP contribution in [0.15, 0.2) is 24.3 Å². The number of aryl methyl sites for hydroxylation is 2. The maximum atomic E-state index is 12.8. The van der Waals surface area contributed by atoms with E-state index in [9.17, 15) is 4.79 Å². The third-order valence-corrected chi connectivity index (χ3v) is 5.15. The van der Waals surface area contributed by atoms with Gasteiger partial charge in [0.1, 0.15) is 0 Å². The van der Waals surface area contributed by atoms with Gasteiger partial charge in [-0.15, -0.1) is 0 Å². The fraction of sp³-hybridized carbons (Fsp3) is 0.476. The Labute approximate surface area is 145 Å². The molecular weight excluding hydrogens is 296 g/mol. The van der Waals surface area contributed by atoms with Gasteiger partial charge in [0.05, 0.1) is 0 Å². The Kier molecular flexibility index (Phi) is 5.20. The summed E-state index contributed by atoms with van der Waals surface area (Å²) in [5.74, 6) is 0.291. The molecule has 24 heavy (non-hydrogen) atoms. The van der Waals surface area contributed by atoms with Crippen molar-refractivity contribution in [3.8, 4) is 0 Å². The summed E-state index contributed by atoms with van der Waals surface area (Å²) < 4.78 is 0. The minimum Gasteiger partial charge on any atom is -0.362 e. The van der Waals surface area contributed by atoms with Crippen molar-refractivity contribution in [2.24, 2.45) is 0 Å². The first-order valence-corrected chi connectivity index (χ1v) is 9.10. The van der Waals surface area contributed by atoms with E-state index in [2.05, 4.69) is 48.0 Å². The smallest absolute Gasteiger partial charge is 0.166 e. The number of Topliss-reactive ketones (excluding diaryl/α,β-unsaturated/α-hetero) is 1. The molecule has 0 saturated heterocycles. The topological polar surface area (TPSA) is 36.1 Å². The Morgan fingerprint density at radius 3 is 2.67 bits per heavy atom. The second-order valence-electron chi connectivity index (χ2n) is 6.95. The Hall–Kier alpha value is -1.87. The van der Waals surface area contributed by atoms with Crippen LogP contribution in [0.4, 0.5) is 0 Å². The van der Waals surface area contributed by atoms with Crippen molar-refractivity contribution < 1.29 is 4.79 Å². The number of ketones is 1. The van der Waals surface area contributed by atoms with Gasteiger partial charge in [0.25, 0.3) is 0 Å². The summed E-state index contributed by atoms with van der Waals surface area (Å²) in [6.07, 6.45) is 3.75. The summed E-state index contributed by atoms with van der Waals surface area (Å²) >= 11 is 0. The van der Waals surface area contributed by atoms with Gasteiger partial charge in [-0.2, -0.15) is 0 Å². The highest BCUT2D eigenvalue weighted by atomic mass is 16.1. The molecule has 0 bridgehead atoms. The molecule has 0 unspecified atom stereocenters. The van der Waals surface area contributed by atoms with Gasteiger partial charge in [-0.1, -0.05) is 37.6 Å². The zero-order chi connectivity index (χ0) is 17.1. The fourth-order valence-corrected chi connectivity index (χ4v) is 3.90. The van der Waals surface area contributed by atoms with E-state index in [1.807, 2.05) is 6.92 Å². The first-order valence-electron chi connectivity index (χ1n) is 9.10. The van der Waals surface area contributed by atoms with Crippen molar-refractivity contribution in [1.29, 1.82) is 0 Å². The Bertz CT molecular complexity index is 729. The molecule has 3 rings (SSSR count). The monoisotopic (exact) mass is 324 g/mol. The van der Waals surface area contributed by atoms with Gasteiger partial charge < -0.3 is 4.98 Å². The molecule has 0 atom stereocenters. The van der Waals surface area contributed by atoms with Crippen LogP contribution in [0.5, 0.6) is 0 Å². The molecule has 0 aliphatic carbocycles. The van der Waals surface area contributed by atoms with Crippen LogP contribution in [-0.4, -0.2) is 28.8 Å².